The first-order valence-corrected chi connectivity index (χ1v) is 9.01. The zero-order valence-electron chi connectivity index (χ0n) is 15.0. The largest absolute Gasteiger partial charge is 0.487 e. The molecule has 4 aromatic rings. The van der Waals surface area contributed by atoms with E-state index in [9.17, 15) is 8.78 Å². The minimum Gasteiger partial charge on any atom is -0.487 e. The van der Waals surface area contributed by atoms with Crippen LogP contribution in [0.5, 0.6) is 5.75 Å². The predicted octanol–water partition coefficient (Wildman–Crippen LogP) is 5.47. The number of nitrogens with zero attached hydrogens (tertiary/aromatic N) is 2. The molecule has 29 heavy (non-hydrogen) atoms. The smallest absolute Gasteiger partial charge is 0.148 e. The molecule has 3 aromatic carbocycles. The van der Waals surface area contributed by atoms with Gasteiger partial charge in [0.15, 0.2) is 0 Å². The zero-order valence-corrected chi connectivity index (χ0v) is 15.8. The summed E-state index contributed by atoms with van der Waals surface area (Å²) in [7, 11) is 0. The van der Waals surface area contributed by atoms with Crippen LogP contribution < -0.4 is 15.8 Å². The van der Waals surface area contributed by atoms with Gasteiger partial charge in [0.2, 0.25) is 0 Å². The molecule has 0 unspecified atom stereocenters. The Bertz CT molecular complexity index is 1200. The number of ether oxygens (including phenoxy) is 1. The molecule has 0 spiro atoms. The highest BCUT2D eigenvalue weighted by atomic mass is 35.5. The third-order valence-corrected chi connectivity index (χ3v) is 4.53. The number of hydrogen-bond donors (Lipinski definition) is 2. The van der Waals surface area contributed by atoms with E-state index in [1.807, 2.05) is 0 Å². The van der Waals surface area contributed by atoms with Gasteiger partial charge in [0, 0.05) is 17.1 Å². The summed E-state index contributed by atoms with van der Waals surface area (Å²) in [5, 5.41) is 4.07. The van der Waals surface area contributed by atoms with Crippen molar-refractivity contribution in [2.24, 2.45) is 0 Å². The van der Waals surface area contributed by atoms with Crippen molar-refractivity contribution in [3.05, 3.63) is 83.1 Å². The van der Waals surface area contributed by atoms with Gasteiger partial charge in [0.05, 0.1) is 16.2 Å². The molecule has 0 atom stereocenters. The Balaban J connectivity index is 1.54. The molecule has 3 N–H and O–H groups in total. The molecule has 0 radical (unpaired) electrons. The van der Waals surface area contributed by atoms with E-state index >= 15 is 0 Å². The fraction of sp³-hybridized carbons (Fsp3) is 0.0476. The van der Waals surface area contributed by atoms with E-state index in [2.05, 4.69) is 15.3 Å². The van der Waals surface area contributed by atoms with Crippen LogP contribution in [0.3, 0.4) is 0 Å². The Morgan fingerprint density at radius 1 is 1.03 bits per heavy atom. The van der Waals surface area contributed by atoms with Crippen LogP contribution in [0, 0.1) is 11.6 Å². The van der Waals surface area contributed by atoms with E-state index in [-0.39, 0.29) is 18.1 Å². The minimum atomic E-state index is -0.537. The number of halogens is 3. The van der Waals surface area contributed by atoms with Crippen LogP contribution >= 0.6 is 11.6 Å². The first-order valence-electron chi connectivity index (χ1n) is 8.63. The number of aromatic nitrogens is 2. The molecule has 8 heteroatoms. The Hall–Kier alpha value is -3.45. The third kappa shape index (κ3) is 4.20. The number of rotatable bonds is 5. The summed E-state index contributed by atoms with van der Waals surface area (Å²) in [6, 6.07) is 14.0. The topological polar surface area (TPSA) is 73.1 Å². The second-order valence-corrected chi connectivity index (χ2v) is 6.71. The fourth-order valence-electron chi connectivity index (χ4n) is 2.81. The number of fused-ring (bicyclic) bond motifs is 1. The highest BCUT2D eigenvalue weighted by molar-refractivity contribution is 6.32. The van der Waals surface area contributed by atoms with E-state index in [0.717, 1.165) is 0 Å². The molecule has 0 fully saturated rings. The molecule has 1 heterocycles. The average molecular weight is 413 g/mol. The lowest BCUT2D eigenvalue weighted by molar-refractivity contribution is 0.306. The lowest BCUT2D eigenvalue weighted by atomic mass is 10.2. The number of benzene rings is 3. The first kappa shape index (κ1) is 18.9. The summed E-state index contributed by atoms with van der Waals surface area (Å²) in [6.45, 7) is 0.186. The molecule has 0 saturated carbocycles. The number of nitrogen functional groups attached to an aromatic ring is 1. The highest BCUT2D eigenvalue weighted by Gasteiger charge is 2.10. The molecular formula is C21H15ClF2N4O. The number of nitrogens with two attached hydrogens (primary N) is 1. The van der Waals surface area contributed by atoms with Crippen LogP contribution in [-0.2, 0) is 6.61 Å². The van der Waals surface area contributed by atoms with Gasteiger partial charge in [-0.2, -0.15) is 0 Å². The van der Waals surface area contributed by atoms with Crippen molar-refractivity contribution in [1.82, 2.24) is 9.97 Å². The van der Waals surface area contributed by atoms with Gasteiger partial charge in [-0.1, -0.05) is 23.7 Å². The molecule has 146 valence electrons. The monoisotopic (exact) mass is 412 g/mol. The van der Waals surface area contributed by atoms with Gasteiger partial charge in [-0.3, -0.25) is 0 Å². The fourth-order valence-corrected chi connectivity index (χ4v) is 3.05. The van der Waals surface area contributed by atoms with Crippen molar-refractivity contribution >= 4 is 39.7 Å². The molecule has 0 saturated heterocycles. The Morgan fingerprint density at radius 3 is 2.69 bits per heavy atom. The standard InChI is InChI=1S/C21H15ClF2N4O/c22-16-7-14(4-5-20(16)29-10-12-2-1-3-13(23)6-12)28-21-15-8-18(25)17(24)9-19(15)26-11-27-21/h1-9,11H,10,25H2,(H,26,27,28). The molecule has 0 aliphatic heterocycles. The maximum absolute atomic E-state index is 13.7. The maximum Gasteiger partial charge on any atom is 0.148 e. The van der Waals surface area contributed by atoms with Gasteiger partial charge in [-0.15, -0.1) is 0 Å². The van der Waals surface area contributed by atoms with Gasteiger partial charge in [0.1, 0.15) is 36.1 Å². The quantitative estimate of drug-likeness (QED) is 0.425. The lowest BCUT2D eigenvalue weighted by Crippen LogP contribution is -1.99. The number of nitrogens with one attached hydrogen (secondary N) is 1. The van der Waals surface area contributed by atoms with Crippen molar-refractivity contribution < 1.29 is 13.5 Å². The van der Waals surface area contributed by atoms with E-state index in [4.69, 9.17) is 22.1 Å². The predicted molar refractivity (Wildman–Crippen MR) is 109 cm³/mol. The Labute approximate surface area is 170 Å². The van der Waals surface area contributed by atoms with Crippen LogP contribution in [0.2, 0.25) is 5.02 Å². The van der Waals surface area contributed by atoms with Crippen LogP contribution in [-0.4, -0.2) is 9.97 Å². The van der Waals surface area contributed by atoms with E-state index in [0.29, 0.717) is 38.7 Å². The highest BCUT2D eigenvalue weighted by Crippen LogP contribution is 2.31. The summed E-state index contributed by atoms with van der Waals surface area (Å²) >= 11 is 6.32. The van der Waals surface area contributed by atoms with Crippen LogP contribution in [0.25, 0.3) is 10.9 Å². The molecule has 4 rings (SSSR count). The molecule has 0 aliphatic rings. The van der Waals surface area contributed by atoms with E-state index in [1.165, 1.54) is 30.6 Å². The molecule has 0 bridgehead atoms. The van der Waals surface area contributed by atoms with Crippen molar-refractivity contribution in [3.8, 4) is 5.75 Å². The zero-order chi connectivity index (χ0) is 20.4. The maximum atomic E-state index is 13.7. The van der Waals surface area contributed by atoms with E-state index in [1.54, 1.807) is 30.3 Å². The minimum absolute atomic E-state index is 0.00878. The van der Waals surface area contributed by atoms with Gasteiger partial charge in [0.25, 0.3) is 0 Å². The van der Waals surface area contributed by atoms with E-state index < -0.39 is 5.82 Å². The number of anilines is 3. The average Bonchev–Trinajstić information content (AvgIpc) is 2.69. The summed E-state index contributed by atoms with van der Waals surface area (Å²) in [5.41, 5.74) is 7.44. The van der Waals surface area contributed by atoms with Crippen molar-refractivity contribution in [1.29, 1.82) is 0 Å². The Morgan fingerprint density at radius 2 is 1.90 bits per heavy atom. The Kier molecular flexibility index (Phi) is 5.14. The molecule has 0 aliphatic carbocycles. The van der Waals surface area contributed by atoms with Crippen LogP contribution in [0.1, 0.15) is 5.56 Å². The summed E-state index contributed by atoms with van der Waals surface area (Å²) in [5.74, 6) is 0.0610. The summed E-state index contributed by atoms with van der Waals surface area (Å²) in [4.78, 5) is 8.26. The van der Waals surface area contributed by atoms with Crippen molar-refractivity contribution in [2.45, 2.75) is 6.61 Å². The normalized spacial score (nSPS) is 10.9. The van der Waals surface area contributed by atoms with Crippen molar-refractivity contribution in [2.75, 3.05) is 11.1 Å². The van der Waals surface area contributed by atoms with Crippen LogP contribution in [0.15, 0.2) is 60.9 Å². The number of hydrogen-bond acceptors (Lipinski definition) is 5. The summed E-state index contributed by atoms with van der Waals surface area (Å²) < 4.78 is 32.6. The first-order chi connectivity index (χ1) is 14.0. The van der Waals surface area contributed by atoms with Gasteiger partial charge >= 0.3 is 0 Å². The van der Waals surface area contributed by atoms with Gasteiger partial charge < -0.3 is 15.8 Å². The molecular weight excluding hydrogens is 398 g/mol. The van der Waals surface area contributed by atoms with Gasteiger partial charge in [-0.05, 0) is 42.0 Å². The van der Waals surface area contributed by atoms with Gasteiger partial charge in [-0.25, -0.2) is 18.7 Å². The summed E-state index contributed by atoms with van der Waals surface area (Å²) in [6.07, 6.45) is 1.33. The SMILES string of the molecule is Nc1cc2c(Nc3ccc(OCc4cccc(F)c4)c(Cl)c3)ncnc2cc1F. The molecule has 5 nitrogen and oxygen atoms in total. The molecule has 1 aromatic heterocycles. The van der Waals surface area contributed by atoms with Crippen molar-refractivity contribution in [3.63, 3.8) is 0 Å². The van der Waals surface area contributed by atoms with Crippen LogP contribution in [0.4, 0.5) is 26.0 Å². The second-order valence-electron chi connectivity index (χ2n) is 6.30. The lowest BCUT2D eigenvalue weighted by Gasteiger charge is -2.12. The second kappa shape index (κ2) is 7.89. The molecule has 0 amide bonds. The third-order valence-electron chi connectivity index (χ3n) is 4.23.